The summed E-state index contributed by atoms with van der Waals surface area (Å²) in [4.78, 5) is 0. The van der Waals surface area contributed by atoms with Crippen LogP contribution in [0.15, 0.2) is 0 Å². The van der Waals surface area contributed by atoms with Crippen LogP contribution in [0.5, 0.6) is 0 Å². The average Bonchev–Trinajstić information content (AvgIpc) is 2.97. The summed E-state index contributed by atoms with van der Waals surface area (Å²) < 4.78 is 29.0. The van der Waals surface area contributed by atoms with Crippen molar-refractivity contribution in [3.63, 3.8) is 0 Å². The summed E-state index contributed by atoms with van der Waals surface area (Å²) in [6.45, 7) is 9.07. The van der Waals surface area contributed by atoms with Crippen LogP contribution in [0.4, 0.5) is 0 Å². The van der Waals surface area contributed by atoms with Crippen LogP contribution in [-0.4, -0.2) is 56.3 Å². The molecular weight excluding hydrogens is 286 g/mol. The summed E-state index contributed by atoms with van der Waals surface area (Å²) in [6, 6.07) is 0. The second-order valence-corrected chi connectivity index (χ2v) is 8.43. The fraction of sp³-hybridized carbons (Fsp3) is 1.00. The number of nitrogens with one attached hydrogen (secondary N) is 1. The molecule has 2 unspecified atom stereocenters. The molecule has 2 fully saturated rings. The van der Waals surface area contributed by atoms with Gasteiger partial charge in [-0.2, -0.15) is 17.0 Å². The molecule has 2 aliphatic rings. The maximum atomic E-state index is 12.8. The molecule has 0 saturated carbocycles. The Labute approximate surface area is 130 Å². The van der Waals surface area contributed by atoms with Crippen LogP contribution in [0.3, 0.4) is 0 Å². The fourth-order valence-corrected chi connectivity index (χ4v) is 5.21. The zero-order chi connectivity index (χ0) is 15.3. The van der Waals surface area contributed by atoms with Gasteiger partial charge in [0, 0.05) is 26.2 Å². The number of rotatable bonds is 7. The van der Waals surface area contributed by atoms with Gasteiger partial charge in [0.05, 0.1) is 0 Å². The molecule has 0 radical (unpaired) electrons. The molecule has 0 spiro atoms. The third kappa shape index (κ3) is 4.41. The van der Waals surface area contributed by atoms with Crippen molar-refractivity contribution in [3.8, 4) is 0 Å². The van der Waals surface area contributed by atoms with E-state index in [0.717, 1.165) is 45.2 Å². The van der Waals surface area contributed by atoms with E-state index in [2.05, 4.69) is 19.2 Å². The topological polar surface area (TPSA) is 52.7 Å². The lowest BCUT2D eigenvalue weighted by Crippen LogP contribution is -2.48. The fourth-order valence-electron chi connectivity index (χ4n) is 3.39. The predicted molar refractivity (Wildman–Crippen MR) is 86.3 cm³/mol. The van der Waals surface area contributed by atoms with Gasteiger partial charge < -0.3 is 5.32 Å². The molecule has 2 saturated heterocycles. The first kappa shape index (κ1) is 17.2. The Morgan fingerprint density at radius 2 is 1.76 bits per heavy atom. The van der Waals surface area contributed by atoms with Crippen molar-refractivity contribution < 1.29 is 8.42 Å². The summed E-state index contributed by atoms with van der Waals surface area (Å²) >= 11 is 0. The molecule has 124 valence electrons. The minimum Gasteiger partial charge on any atom is -0.316 e. The molecule has 5 nitrogen and oxygen atoms in total. The Balaban J connectivity index is 1.90. The largest absolute Gasteiger partial charge is 0.316 e. The van der Waals surface area contributed by atoms with E-state index in [9.17, 15) is 8.42 Å². The van der Waals surface area contributed by atoms with Crippen LogP contribution in [0, 0.1) is 11.8 Å². The zero-order valence-electron chi connectivity index (χ0n) is 13.6. The van der Waals surface area contributed by atoms with Gasteiger partial charge >= 0.3 is 0 Å². The molecule has 2 rings (SSSR count). The lowest BCUT2D eigenvalue weighted by Gasteiger charge is -2.34. The summed E-state index contributed by atoms with van der Waals surface area (Å²) in [6.07, 6.45) is 5.35. The monoisotopic (exact) mass is 317 g/mol. The van der Waals surface area contributed by atoms with E-state index < -0.39 is 10.2 Å². The molecule has 0 amide bonds. The third-order valence-corrected chi connectivity index (χ3v) is 6.79. The lowest BCUT2D eigenvalue weighted by atomic mass is 10.00. The lowest BCUT2D eigenvalue weighted by molar-refractivity contribution is 0.246. The number of hydrogen-bond acceptors (Lipinski definition) is 3. The molecule has 0 bridgehead atoms. The Bertz CT molecular complexity index is 413. The number of piperidine rings is 1. The Morgan fingerprint density at radius 3 is 2.43 bits per heavy atom. The van der Waals surface area contributed by atoms with Crippen LogP contribution < -0.4 is 5.32 Å². The predicted octanol–water partition coefficient (Wildman–Crippen LogP) is 1.67. The smallest absolute Gasteiger partial charge is 0.281 e. The molecule has 21 heavy (non-hydrogen) atoms. The SMILES string of the molecule is CCCNCC1CCCN(S(=O)(=O)N2CCC(CC)C2)C1. The van der Waals surface area contributed by atoms with Gasteiger partial charge in [0.25, 0.3) is 10.2 Å². The van der Waals surface area contributed by atoms with Gasteiger partial charge in [-0.25, -0.2) is 0 Å². The van der Waals surface area contributed by atoms with Crippen molar-refractivity contribution in [2.45, 2.75) is 46.0 Å². The zero-order valence-corrected chi connectivity index (χ0v) is 14.4. The van der Waals surface area contributed by atoms with E-state index in [1.807, 2.05) is 0 Å². The highest BCUT2D eigenvalue weighted by Gasteiger charge is 2.37. The van der Waals surface area contributed by atoms with Crippen molar-refractivity contribution in [2.24, 2.45) is 11.8 Å². The van der Waals surface area contributed by atoms with E-state index in [-0.39, 0.29) is 0 Å². The van der Waals surface area contributed by atoms with Crippen LogP contribution in [0.2, 0.25) is 0 Å². The van der Waals surface area contributed by atoms with E-state index in [4.69, 9.17) is 0 Å². The molecule has 0 aromatic heterocycles. The molecule has 2 atom stereocenters. The number of hydrogen-bond donors (Lipinski definition) is 1. The van der Waals surface area contributed by atoms with Gasteiger partial charge in [0.15, 0.2) is 0 Å². The van der Waals surface area contributed by atoms with Crippen LogP contribution >= 0.6 is 0 Å². The second-order valence-electron chi connectivity index (χ2n) is 6.50. The molecule has 2 heterocycles. The van der Waals surface area contributed by atoms with E-state index in [1.54, 1.807) is 8.61 Å². The highest BCUT2D eigenvalue weighted by molar-refractivity contribution is 7.86. The van der Waals surface area contributed by atoms with Crippen LogP contribution in [0.1, 0.15) is 46.0 Å². The van der Waals surface area contributed by atoms with Crippen molar-refractivity contribution in [1.82, 2.24) is 13.9 Å². The minimum absolute atomic E-state index is 0.463. The van der Waals surface area contributed by atoms with Crippen molar-refractivity contribution in [2.75, 3.05) is 39.3 Å². The normalized spacial score (nSPS) is 29.0. The molecular formula is C15H31N3O2S. The van der Waals surface area contributed by atoms with E-state index >= 15 is 0 Å². The summed E-state index contributed by atoms with van der Waals surface area (Å²) in [5, 5.41) is 3.43. The molecule has 0 aliphatic carbocycles. The van der Waals surface area contributed by atoms with Gasteiger partial charge in [0.2, 0.25) is 0 Å². The highest BCUT2D eigenvalue weighted by atomic mass is 32.2. The van der Waals surface area contributed by atoms with E-state index in [0.29, 0.717) is 38.0 Å². The van der Waals surface area contributed by atoms with Crippen molar-refractivity contribution in [1.29, 1.82) is 0 Å². The van der Waals surface area contributed by atoms with Crippen LogP contribution in [-0.2, 0) is 10.2 Å². The first-order valence-electron chi connectivity index (χ1n) is 8.53. The maximum absolute atomic E-state index is 12.8. The maximum Gasteiger partial charge on any atom is 0.281 e. The molecule has 6 heteroatoms. The minimum atomic E-state index is -3.23. The first-order chi connectivity index (χ1) is 10.1. The summed E-state index contributed by atoms with van der Waals surface area (Å²) in [5.74, 6) is 1.01. The highest BCUT2D eigenvalue weighted by Crippen LogP contribution is 2.26. The second kappa shape index (κ2) is 7.90. The third-order valence-electron chi connectivity index (χ3n) is 4.82. The van der Waals surface area contributed by atoms with Gasteiger partial charge in [-0.05, 0) is 50.6 Å². The van der Waals surface area contributed by atoms with Gasteiger partial charge in [-0.1, -0.05) is 20.3 Å². The molecule has 0 aromatic carbocycles. The summed E-state index contributed by atoms with van der Waals surface area (Å²) in [5.41, 5.74) is 0. The Hall–Kier alpha value is -0.170. The Kier molecular flexibility index (Phi) is 6.47. The number of nitrogens with zero attached hydrogens (tertiary/aromatic N) is 2. The quantitative estimate of drug-likeness (QED) is 0.727. The van der Waals surface area contributed by atoms with Crippen molar-refractivity contribution >= 4 is 10.2 Å². The molecule has 2 aliphatic heterocycles. The molecule has 1 N–H and O–H groups in total. The van der Waals surface area contributed by atoms with Gasteiger partial charge in [-0.15, -0.1) is 0 Å². The van der Waals surface area contributed by atoms with E-state index in [1.165, 1.54) is 0 Å². The van der Waals surface area contributed by atoms with Crippen molar-refractivity contribution in [3.05, 3.63) is 0 Å². The summed E-state index contributed by atoms with van der Waals surface area (Å²) in [7, 11) is -3.23. The first-order valence-corrected chi connectivity index (χ1v) is 9.93. The van der Waals surface area contributed by atoms with Gasteiger partial charge in [-0.3, -0.25) is 0 Å². The standard InChI is InChI=1S/C15H31N3O2S/c1-3-8-16-11-15-6-5-9-17(13-15)21(19,20)18-10-7-14(4-2)12-18/h14-16H,3-13H2,1-2H3. The molecule has 0 aromatic rings. The van der Waals surface area contributed by atoms with Crippen LogP contribution in [0.25, 0.3) is 0 Å². The Morgan fingerprint density at radius 1 is 1.05 bits per heavy atom. The average molecular weight is 317 g/mol. The van der Waals surface area contributed by atoms with Gasteiger partial charge in [0.1, 0.15) is 0 Å².